The zero-order valence-electron chi connectivity index (χ0n) is 25.9. The molecule has 0 radical (unpaired) electrons. The lowest BCUT2D eigenvalue weighted by Gasteiger charge is -2.56. The van der Waals surface area contributed by atoms with E-state index < -0.39 is 23.1 Å². The van der Waals surface area contributed by atoms with Crippen LogP contribution in [0.15, 0.2) is 97.1 Å². The highest BCUT2D eigenvalue weighted by molar-refractivity contribution is 6.30. The number of nitrogens with one attached hydrogen (secondary N) is 1. The zero-order chi connectivity index (χ0) is 31.6. The van der Waals surface area contributed by atoms with E-state index in [0.29, 0.717) is 16.0 Å². The van der Waals surface area contributed by atoms with E-state index in [2.05, 4.69) is 54.2 Å². The Morgan fingerprint density at radius 2 is 1.51 bits per heavy atom. The van der Waals surface area contributed by atoms with Gasteiger partial charge in [0.1, 0.15) is 16.4 Å². The summed E-state index contributed by atoms with van der Waals surface area (Å²) in [4.78, 5) is 22.2. The van der Waals surface area contributed by atoms with Gasteiger partial charge < -0.3 is 10.4 Å². The van der Waals surface area contributed by atoms with Gasteiger partial charge in [0.15, 0.2) is 0 Å². The number of fused-ring (bicyclic) bond motifs is 3. The minimum atomic E-state index is -1.01. The molecule has 1 aromatic heterocycles. The number of nitrogens with zero attached hydrogens (tertiary/aromatic N) is 2. The molecule has 2 aliphatic heterocycles. The third kappa shape index (κ3) is 4.66. The SMILES string of the molecule is C[C@H]1[C@H](c2cccc(Cl)c2)C2(C(=O)Nc3nc(Cl)ccc32)C2(CCC(C)(C)CC2)N1[C@H](c1ccccc1)C(O)c1ccccc1. The number of hydrogen-bond acceptors (Lipinski definition) is 4. The van der Waals surface area contributed by atoms with Gasteiger partial charge in [-0.15, -0.1) is 0 Å². The number of carbonyl (C=O) groups is 1. The highest BCUT2D eigenvalue weighted by atomic mass is 35.5. The minimum Gasteiger partial charge on any atom is -0.386 e. The van der Waals surface area contributed by atoms with Crippen LogP contribution in [0.2, 0.25) is 10.2 Å². The van der Waals surface area contributed by atoms with Gasteiger partial charge >= 0.3 is 0 Å². The van der Waals surface area contributed by atoms with Gasteiger partial charge in [0, 0.05) is 28.1 Å². The lowest BCUT2D eigenvalue weighted by molar-refractivity contribution is -0.129. The van der Waals surface area contributed by atoms with Gasteiger partial charge in [-0.2, -0.15) is 0 Å². The molecule has 5 nitrogen and oxygen atoms in total. The Kier molecular flexibility index (Phi) is 7.60. The van der Waals surface area contributed by atoms with Crippen LogP contribution >= 0.6 is 23.2 Å². The standard InChI is InChI=1S/C38H39Cl2N3O2/c1-24-31(27-15-10-16-28(39)23-27)38(29-17-18-30(40)41-34(29)42-35(38)45)37(21-19-36(2,3)20-22-37)43(24)32(25-11-6-4-7-12-25)33(44)26-13-8-5-9-14-26/h4-18,23-24,31-33,44H,19-22H2,1-3H3,(H,41,42,45)/t24-,31+,32+,33?,38?/m0/s1. The summed E-state index contributed by atoms with van der Waals surface area (Å²) >= 11 is 13.1. The van der Waals surface area contributed by atoms with Crippen LogP contribution in [0.3, 0.4) is 0 Å². The normalized spacial score (nSPS) is 26.5. The molecule has 45 heavy (non-hydrogen) atoms. The molecule has 7 rings (SSSR count). The van der Waals surface area contributed by atoms with Gasteiger partial charge in [-0.25, -0.2) is 4.98 Å². The molecular formula is C38H39Cl2N3O2. The number of halogens is 2. The Morgan fingerprint density at radius 3 is 2.16 bits per heavy atom. The number of likely N-dealkylation sites (tertiary alicyclic amines) is 1. The Morgan fingerprint density at radius 1 is 0.867 bits per heavy atom. The molecule has 3 aromatic carbocycles. The quantitative estimate of drug-likeness (QED) is 0.214. The van der Waals surface area contributed by atoms with Crippen molar-refractivity contribution in [2.75, 3.05) is 5.32 Å². The van der Waals surface area contributed by atoms with Crippen molar-refractivity contribution in [3.8, 4) is 0 Å². The lowest BCUT2D eigenvalue weighted by atomic mass is 9.53. The molecule has 3 heterocycles. The highest BCUT2D eigenvalue weighted by Gasteiger charge is 2.75. The van der Waals surface area contributed by atoms with Gasteiger partial charge in [0.05, 0.1) is 12.1 Å². The molecular weight excluding hydrogens is 601 g/mol. The number of aliphatic hydroxyl groups excluding tert-OH is 1. The third-order valence-corrected chi connectivity index (χ3v) is 11.5. The number of carbonyl (C=O) groups excluding carboxylic acids is 1. The summed E-state index contributed by atoms with van der Waals surface area (Å²) in [6.07, 6.45) is 2.59. The second kappa shape index (κ2) is 11.2. The van der Waals surface area contributed by atoms with Gasteiger partial charge in [-0.3, -0.25) is 9.69 Å². The average molecular weight is 641 g/mol. The molecule has 232 valence electrons. The van der Waals surface area contributed by atoms with Crippen LogP contribution in [0.25, 0.3) is 0 Å². The number of amides is 1. The summed E-state index contributed by atoms with van der Waals surface area (Å²) in [7, 11) is 0. The molecule has 7 heteroatoms. The molecule has 2 fully saturated rings. The van der Waals surface area contributed by atoms with Gasteiger partial charge in [-0.1, -0.05) is 116 Å². The van der Waals surface area contributed by atoms with E-state index >= 15 is 4.79 Å². The molecule has 1 saturated carbocycles. The number of hydrogen-bond donors (Lipinski definition) is 2. The Labute approximate surface area is 275 Å². The van der Waals surface area contributed by atoms with Crippen molar-refractivity contribution >= 4 is 34.9 Å². The van der Waals surface area contributed by atoms with Crippen molar-refractivity contribution in [3.05, 3.63) is 129 Å². The van der Waals surface area contributed by atoms with Crippen molar-refractivity contribution < 1.29 is 9.90 Å². The van der Waals surface area contributed by atoms with Crippen molar-refractivity contribution in [2.45, 2.75) is 81.5 Å². The van der Waals surface area contributed by atoms with E-state index in [-0.39, 0.29) is 23.3 Å². The monoisotopic (exact) mass is 639 g/mol. The minimum absolute atomic E-state index is 0.0627. The van der Waals surface area contributed by atoms with Crippen LogP contribution in [0, 0.1) is 5.41 Å². The van der Waals surface area contributed by atoms with E-state index in [1.54, 1.807) is 6.07 Å². The first-order chi connectivity index (χ1) is 21.6. The first-order valence-electron chi connectivity index (χ1n) is 15.9. The second-order valence-corrected chi connectivity index (χ2v) is 14.7. The van der Waals surface area contributed by atoms with E-state index in [4.69, 9.17) is 23.2 Å². The number of rotatable bonds is 5. The molecule has 1 amide bonds. The highest BCUT2D eigenvalue weighted by Crippen LogP contribution is 2.69. The summed E-state index contributed by atoms with van der Waals surface area (Å²) in [5.74, 6) is 0.181. The van der Waals surface area contributed by atoms with Crippen LogP contribution in [0.5, 0.6) is 0 Å². The van der Waals surface area contributed by atoms with Crippen molar-refractivity contribution in [3.63, 3.8) is 0 Å². The molecule has 0 bridgehead atoms. The van der Waals surface area contributed by atoms with Crippen LogP contribution in [-0.2, 0) is 10.2 Å². The van der Waals surface area contributed by atoms with E-state index in [0.717, 1.165) is 47.9 Å². The number of benzene rings is 3. The number of pyridine rings is 1. The first-order valence-corrected chi connectivity index (χ1v) is 16.6. The van der Waals surface area contributed by atoms with Crippen LogP contribution in [0.4, 0.5) is 5.82 Å². The molecule has 2 unspecified atom stereocenters. The molecule has 5 atom stereocenters. The van der Waals surface area contributed by atoms with Crippen LogP contribution in [-0.4, -0.2) is 32.5 Å². The summed E-state index contributed by atoms with van der Waals surface area (Å²) in [5.41, 5.74) is 2.18. The van der Waals surface area contributed by atoms with Crippen LogP contribution in [0.1, 0.15) is 86.8 Å². The Hall–Kier alpha value is -3.22. The molecule has 1 saturated heterocycles. The zero-order valence-corrected chi connectivity index (χ0v) is 27.4. The molecule has 2 spiro atoms. The maximum Gasteiger partial charge on any atom is 0.238 e. The fourth-order valence-corrected chi connectivity index (χ4v) is 9.42. The topological polar surface area (TPSA) is 65.5 Å². The Balaban J connectivity index is 1.55. The smallest absolute Gasteiger partial charge is 0.238 e. The second-order valence-electron chi connectivity index (χ2n) is 13.9. The first kappa shape index (κ1) is 30.4. The molecule has 2 N–H and O–H groups in total. The van der Waals surface area contributed by atoms with Gasteiger partial charge in [0.25, 0.3) is 0 Å². The number of anilines is 1. The molecule has 3 aliphatic rings. The van der Waals surface area contributed by atoms with Crippen molar-refractivity contribution in [2.24, 2.45) is 5.41 Å². The third-order valence-electron chi connectivity index (χ3n) is 11.0. The summed E-state index contributed by atoms with van der Waals surface area (Å²) < 4.78 is 0. The maximum atomic E-state index is 15.0. The summed E-state index contributed by atoms with van der Waals surface area (Å²) in [6.45, 7) is 6.87. The Bertz CT molecular complexity index is 1720. The van der Waals surface area contributed by atoms with E-state index in [1.165, 1.54) is 0 Å². The largest absolute Gasteiger partial charge is 0.386 e. The van der Waals surface area contributed by atoms with Gasteiger partial charge in [0.2, 0.25) is 5.91 Å². The van der Waals surface area contributed by atoms with Crippen molar-refractivity contribution in [1.82, 2.24) is 9.88 Å². The molecule has 4 aromatic rings. The maximum absolute atomic E-state index is 15.0. The van der Waals surface area contributed by atoms with Crippen molar-refractivity contribution in [1.29, 1.82) is 0 Å². The fourth-order valence-electron chi connectivity index (χ4n) is 9.07. The number of aromatic nitrogens is 1. The van der Waals surface area contributed by atoms with Crippen LogP contribution < -0.4 is 5.32 Å². The predicted molar refractivity (Wildman–Crippen MR) is 181 cm³/mol. The summed E-state index contributed by atoms with van der Waals surface area (Å²) in [5, 5.41) is 16.6. The summed E-state index contributed by atoms with van der Waals surface area (Å²) in [6, 6.07) is 31.3. The molecule has 1 aliphatic carbocycles. The van der Waals surface area contributed by atoms with E-state index in [1.807, 2.05) is 72.8 Å². The predicted octanol–water partition coefficient (Wildman–Crippen LogP) is 8.88. The van der Waals surface area contributed by atoms with Gasteiger partial charge in [-0.05, 0) is 72.9 Å². The van der Waals surface area contributed by atoms with E-state index in [9.17, 15) is 5.11 Å². The number of aliphatic hydroxyl groups is 1. The average Bonchev–Trinajstić information content (AvgIpc) is 3.43. The lowest BCUT2D eigenvalue weighted by Crippen LogP contribution is -2.63. The fraction of sp³-hybridized carbons (Fsp3) is 0.368.